The molecule has 0 unspecified atom stereocenters. The number of hydrogen-bond donors (Lipinski definition) is 0. The second kappa shape index (κ2) is 8.03. The van der Waals surface area contributed by atoms with Crippen molar-refractivity contribution in [3.63, 3.8) is 0 Å². The Labute approximate surface area is 188 Å². The average Bonchev–Trinajstić information content (AvgIpc) is 3.16. The number of aryl methyl sites for hydroxylation is 1. The Balaban J connectivity index is 1.81. The maximum absolute atomic E-state index is 14.0. The van der Waals surface area contributed by atoms with Crippen LogP contribution < -0.4 is 4.90 Å². The molecular weight excluding hydrogens is 435 g/mol. The fourth-order valence-electron chi connectivity index (χ4n) is 4.19. The summed E-state index contributed by atoms with van der Waals surface area (Å²) in [6, 6.07) is 8.61. The normalized spacial score (nSPS) is 14.3. The van der Waals surface area contributed by atoms with E-state index in [1.165, 1.54) is 13.2 Å². The minimum absolute atomic E-state index is 0.0318. The van der Waals surface area contributed by atoms with Crippen LogP contribution in [-0.4, -0.2) is 53.9 Å². The number of hydrogen-bond acceptors (Lipinski definition) is 6. The number of methoxy groups -OCH3 is 1. The number of ether oxygens (including phenoxy) is 2. The van der Waals surface area contributed by atoms with Gasteiger partial charge in [0.05, 0.1) is 42.6 Å². The number of halogens is 2. The minimum atomic E-state index is -0.529. The van der Waals surface area contributed by atoms with E-state index in [1.807, 2.05) is 29.7 Å². The molecule has 164 valence electrons. The zero-order chi connectivity index (χ0) is 22.4. The molecule has 4 aromatic rings. The Bertz CT molecular complexity index is 1360. The van der Waals surface area contributed by atoms with Crippen LogP contribution in [0.3, 0.4) is 0 Å². The van der Waals surface area contributed by atoms with Gasteiger partial charge < -0.3 is 14.4 Å². The van der Waals surface area contributed by atoms with Crippen LogP contribution >= 0.6 is 11.6 Å². The minimum Gasteiger partial charge on any atom is -0.465 e. The zero-order valence-corrected chi connectivity index (χ0v) is 18.3. The molecule has 0 amide bonds. The number of rotatable bonds is 3. The van der Waals surface area contributed by atoms with E-state index in [9.17, 15) is 9.18 Å². The quantitative estimate of drug-likeness (QED) is 0.430. The highest BCUT2D eigenvalue weighted by Gasteiger charge is 2.23. The number of carbonyl (C=O) groups excluding carboxylic acids is 1. The van der Waals surface area contributed by atoms with Crippen molar-refractivity contribution in [3.05, 3.63) is 58.8 Å². The van der Waals surface area contributed by atoms with Gasteiger partial charge in [-0.2, -0.15) is 0 Å². The topological polar surface area (TPSA) is 69.5 Å². The standard InChI is InChI=1S/C23H20ClFN4O3/c1-13-27-21-16(23(30)31-2)11-14(28-7-9-32-10-8-28)12-19(21)29(13)18-5-6-26-22-15(18)3-4-17(25)20(22)24/h3-6,11-12H,7-10H2,1-2H3. The number of esters is 1. The van der Waals surface area contributed by atoms with Crippen LogP contribution in [0.5, 0.6) is 0 Å². The van der Waals surface area contributed by atoms with Crippen molar-refractivity contribution in [2.24, 2.45) is 0 Å². The van der Waals surface area contributed by atoms with E-state index in [-0.39, 0.29) is 5.02 Å². The lowest BCUT2D eigenvalue weighted by molar-refractivity contribution is 0.0603. The molecule has 0 spiro atoms. The molecule has 0 saturated carbocycles. The Hall–Kier alpha value is -3.23. The lowest BCUT2D eigenvalue weighted by Crippen LogP contribution is -2.36. The number of fused-ring (bicyclic) bond motifs is 2. The summed E-state index contributed by atoms with van der Waals surface area (Å²) >= 11 is 6.19. The molecule has 1 aliphatic rings. The van der Waals surface area contributed by atoms with Gasteiger partial charge in [-0.1, -0.05) is 11.6 Å². The predicted octanol–water partition coefficient (Wildman–Crippen LogP) is 4.30. The Kier molecular flexibility index (Phi) is 5.19. The highest BCUT2D eigenvalue weighted by molar-refractivity contribution is 6.35. The van der Waals surface area contributed by atoms with Gasteiger partial charge in [-0.05, 0) is 37.3 Å². The van der Waals surface area contributed by atoms with Gasteiger partial charge in [0, 0.05) is 30.4 Å². The molecule has 1 saturated heterocycles. The number of nitrogens with zero attached hydrogens (tertiary/aromatic N) is 4. The summed E-state index contributed by atoms with van der Waals surface area (Å²) in [5.74, 6) is -0.324. The van der Waals surface area contributed by atoms with E-state index in [0.717, 1.165) is 16.9 Å². The fourth-order valence-corrected chi connectivity index (χ4v) is 4.41. The molecule has 1 fully saturated rings. The molecule has 1 aliphatic heterocycles. The van der Waals surface area contributed by atoms with Crippen LogP contribution in [-0.2, 0) is 9.47 Å². The van der Waals surface area contributed by atoms with Gasteiger partial charge in [0.1, 0.15) is 22.2 Å². The van der Waals surface area contributed by atoms with Crippen molar-refractivity contribution in [1.82, 2.24) is 14.5 Å². The van der Waals surface area contributed by atoms with Crippen molar-refractivity contribution in [2.75, 3.05) is 38.3 Å². The first-order chi connectivity index (χ1) is 15.5. The predicted molar refractivity (Wildman–Crippen MR) is 120 cm³/mol. The van der Waals surface area contributed by atoms with E-state index in [0.29, 0.717) is 54.1 Å². The number of anilines is 1. The molecule has 3 heterocycles. The average molecular weight is 455 g/mol. The second-order valence-electron chi connectivity index (χ2n) is 7.53. The van der Waals surface area contributed by atoms with Crippen LogP contribution in [0.15, 0.2) is 36.5 Å². The molecule has 9 heteroatoms. The second-order valence-corrected chi connectivity index (χ2v) is 7.91. The summed E-state index contributed by atoms with van der Waals surface area (Å²) in [4.78, 5) is 23.7. The molecule has 0 N–H and O–H groups in total. The first-order valence-corrected chi connectivity index (χ1v) is 10.5. The van der Waals surface area contributed by atoms with Crippen molar-refractivity contribution in [1.29, 1.82) is 0 Å². The summed E-state index contributed by atoms with van der Waals surface area (Å²) in [6.45, 7) is 4.51. The van der Waals surface area contributed by atoms with E-state index in [1.54, 1.807) is 12.3 Å². The summed E-state index contributed by atoms with van der Waals surface area (Å²) in [5, 5.41) is 0.647. The molecule has 5 rings (SSSR count). The SMILES string of the molecule is COC(=O)c1cc(N2CCOCC2)cc2c1nc(C)n2-c1ccnc2c(Cl)c(F)ccc12. The third kappa shape index (κ3) is 3.27. The van der Waals surface area contributed by atoms with Crippen molar-refractivity contribution >= 4 is 45.2 Å². The molecule has 32 heavy (non-hydrogen) atoms. The number of benzene rings is 2. The van der Waals surface area contributed by atoms with Gasteiger partial charge >= 0.3 is 5.97 Å². The number of morpholine rings is 1. The highest BCUT2D eigenvalue weighted by Crippen LogP contribution is 2.34. The van der Waals surface area contributed by atoms with Crippen LogP contribution in [0.25, 0.3) is 27.6 Å². The Morgan fingerprint density at radius 3 is 2.72 bits per heavy atom. The van der Waals surface area contributed by atoms with E-state index >= 15 is 0 Å². The van der Waals surface area contributed by atoms with E-state index in [2.05, 4.69) is 14.9 Å². The molecule has 0 aliphatic carbocycles. The molecule has 0 radical (unpaired) electrons. The molecule has 2 aromatic carbocycles. The summed E-state index contributed by atoms with van der Waals surface area (Å²) in [6.07, 6.45) is 1.58. The molecular formula is C23H20ClFN4O3. The van der Waals surface area contributed by atoms with Gasteiger partial charge in [0.15, 0.2) is 0 Å². The Morgan fingerprint density at radius 1 is 1.19 bits per heavy atom. The monoisotopic (exact) mass is 454 g/mol. The van der Waals surface area contributed by atoms with Gasteiger partial charge in [-0.3, -0.25) is 9.55 Å². The van der Waals surface area contributed by atoms with Crippen molar-refractivity contribution < 1.29 is 18.7 Å². The van der Waals surface area contributed by atoms with Gasteiger partial charge in [0.25, 0.3) is 0 Å². The van der Waals surface area contributed by atoms with E-state index in [4.69, 9.17) is 21.1 Å². The third-order valence-corrected chi connectivity index (χ3v) is 6.08. The number of aromatic nitrogens is 3. The molecule has 0 bridgehead atoms. The number of pyridine rings is 1. The number of carbonyl (C=O) groups is 1. The van der Waals surface area contributed by atoms with Gasteiger partial charge in [0.2, 0.25) is 0 Å². The maximum Gasteiger partial charge on any atom is 0.340 e. The van der Waals surface area contributed by atoms with Crippen LogP contribution in [0, 0.1) is 12.7 Å². The largest absolute Gasteiger partial charge is 0.465 e. The van der Waals surface area contributed by atoms with Gasteiger partial charge in [-0.15, -0.1) is 0 Å². The first-order valence-electron chi connectivity index (χ1n) is 10.2. The summed E-state index contributed by atoms with van der Waals surface area (Å²) in [5.41, 5.74) is 3.64. The third-order valence-electron chi connectivity index (χ3n) is 5.72. The molecule has 7 nitrogen and oxygen atoms in total. The number of imidazole rings is 1. The Morgan fingerprint density at radius 2 is 1.97 bits per heavy atom. The smallest absolute Gasteiger partial charge is 0.340 e. The first kappa shape index (κ1) is 20.7. The highest BCUT2D eigenvalue weighted by atomic mass is 35.5. The maximum atomic E-state index is 14.0. The fraction of sp³-hybridized carbons (Fsp3) is 0.261. The van der Waals surface area contributed by atoms with Crippen LogP contribution in [0.4, 0.5) is 10.1 Å². The summed E-state index contributed by atoms with van der Waals surface area (Å²) in [7, 11) is 1.35. The summed E-state index contributed by atoms with van der Waals surface area (Å²) < 4.78 is 26.5. The van der Waals surface area contributed by atoms with Gasteiger partial charge in [-0.25, -0.2) is 14.2 Å². The zero-order valence-electron chi connectivity index (χ0n) is 17.6. The molecule has 2 aromatic heterocycles. The van der Waals surface area contributed by atoms with Crippen molar-refractivity contribution in [3.8, 4) is 5.69 Å². The lowest BCUT2D eigenvalue weighted by atomic mass is 10.1. The van der Waals surface area contributed by atoms with E-state index < -0.39 is 11.8 Å². The van der Waals surface area contributed by atoms with Crippen LogP contribution in [0.2, 0.25) is 5.02 Å². The molecule has 0 atom stereocenters. The van der Waals surface area contributed by atoms with Crippen LogP contribution in [0.1, 0.15) is 16.2 Å². The lowest BCUT2D eigenvalue weighted by Gasteiger charge is -2.29. The van der Waals surface area contributed by atoms with Crippen molar-refractivity contribution in [2.45, 2.75) is 6.92 Å².